The van der Waals surface area contributed by atoms with Gasteiger partial charge in [0.25, 0.3) is 0 Å². The third kappa shape index (κ3) is 4.40. The molecule has 2 rings (SSSR count). The molecule has 0 spiro atoms. The van der Waals surface area contributed by atoms with E-state index in [2.05, 4.69) is 4.90 Å². The highest BCUT2D eigenvalue weighted by Crippen LogP contribution is 2.19. The van der Waals surface area contributed by atoms with Gasteiger partial charge in [-0.15, -0.1) is 0 Å². The summed E-state index contributed by atoms with van der Waals surface area (Å²) in [6.07, 6.45) is -0.0699. The van der Waals surface area contributed by atoms with Crippen LogP contribution in [-0.4, -0.2) is 56.9 Å². The number of nitrogens with two attached hydrogens (primary N) is 1. The molecule has 0 radical (unpaired) electrons. The van der Waals surface area contributed by atoms with Crippen molar-refractivity contribution in [2.24, 2.45) is 0 Å². The maximum absolute atomic E-state index is 11.6. The second-order valence-electron chi connectivity index (χ2n) is 4.76. The molecule has 0 saturated carbocycles. The van der Waals surface area contributed by atoms with Crippen molar-refractivity contribution in [2.45, 2.75) is 6.10 Å². The van der Waals surface area contributed by atoms with Crippen molar-refractivity contribution in [2.75, 3.05) is 45.7 Å². The Kier molecular flexibility index (Phi) is 5.20. The molecule has 1 aliphatic heterocycles. The first-order chi connectivity index (χ1) is 9.65. The largest absolute Gasteiger partial charge is 0.480 e. The van der Waals surface area contributed by atoms with Gasteiger partial charge in [0.2, 0.25) is 0 Å². The molecule has 1 unspecified atom stereocenters. The fourth-order valence-corrected chi connectivity index (χ4v) is 1.94. The highest BCUT2D eigenvalue weighted by atomic mass is 16.6. The van der Waals surface area contributed by atoms with Crippen LogP contribution in [0.2, 0.25) is 0 Å². The Bertz CT molecular complexity index is 453. The smallest absolute Gasteiger partial charge is 0.344 e. The van der Waals surface area contributed by atoms with E-state index >= 15 is 0 Å². The highest BCUT2D eigenvalue weighted by molar-refractivity contribution is 5.71. The summed E-state index contributed by atoms with van der Waals surface area (Å²) >= 11 is 0. The van der Waals surface area contributed by atoms with Gasteiger partial charge >= 0.3 is 5.97 Å². The molecule has 110 valence electrons. The van der Waals surface area contributed by atoms with Crippen LogP contribution in [0.1, 0.15) is 0 Å². The minimum Gasteiger partial charge on any atom is -0.480 e. The Morgan fingerprint density at radius 3 is 3.05 bits per heavy atom. The topological polar surface area (TPSA) is 74.0 Å². The number of morpholine rings is 1. The van der Waals surface area contributed by atoms with Crippen LogP contribution in [0.25, 0.3) is 0 Å². The van der Waals surface area contributed by atoms with E-state index in [9.17, 15) is 4.79 Å². The molecule has 0 aromatic heterocycles. The molecule has 2 N–H and O–H groups in total. The third-order valence-electron chi connectivity index (χ3n) is 3.04. The highest BCUT2D eigenvalue weighted by Gasteiger charge is 2.19. The molecule has 0 amide bonds. The second kappa shape index (κ2) is 7.12. The summed E-state index contributed by atoms with van der Waals surface area (Å²) in [6, 6.07) is 7.02. The number of hydrogen-bond donors (Lipinski definition) is 1. The Hall–Kier alpha value is -1.79. The number of para-hydroxylation sites is 2. The Morgan fingerprint density at radius 2 is 2.30 bits per heavy atom. The van der Waals surface area contributed by atoms with Crippen LogP contribution >= 0.6 is 0 Å². The molecule has 1 aromatic rings. The molecule has 1 atom stereocenters. The average molecular weight is 280 g/mol. The Morgan fingerprint density at radius 1 is 1.50 bits per heavy atom. The number of carbonyl (C=O) groups is 1. The van der Waals surface area contributed by atoms with Gasteiger partial charge in [-0.05, 0) is 19.2 Å². The van der Waals surface area contributed by atoms with Crippen molar-refractivity contribution in [3.05, 3.63) is 24.3 Å². The van der Waals surface area contributed by atoms with Gasteiger partial charge in [-0.1, -0.05) is 12.1 Å². The van der Waals surface area contributed by atoms with Crippen LogP contribution in [0.15, 0.2) is 24.3 Å². The molecule has 0 aliphatic carbocycles. The lowest BCUT2D eigenvalue weighted by molar-refractivity contribution is -0.152. The fourth-order valence-electron chi connectivity index (χ4n) is 1.94. The van der Waals surface area contributed by atoms with E-state index in [0.29, 0.717) is 18.0 Å². The molecule has 1 saturated heterocycles. The van der Waals surface area contributed by atoms with Gasteiger partial charge in [-0.2, -0.15) is 0 Å². The summed E-state index contributed by atoms with van der Waals surface area (Å²) in [5.41, 5.74) is 6.21. The van der Waals surface area contributed by atoms with E-state index in [0.717, 1.165) is 13.1 Å². The number of hydrogen-bond acceptors (Lipinski definition) is 6. The Balaban J connectivity index is 1.69. The zero-order chi connectivity index (χ0) is 14.4. The van der Waals surface area contributed by atoms with Gasteiger partial charge < -0.3 is 24.8 Å². The monoisotopic (exact) mass is 280 g/mol. The summed E-state index contributed by atoms with van der Waals surface area (Å²) < 4.78 is 15.9. The summed E-state index contributed by atoms with van der Waals surface area (Å²) in [4.78, 5) is 13.7. The van der Waals surface area contributed by atoms with E-state index in [1.165, 1.54) is 0 Å². The van der Waals surface area contributed by atoms with E-state index in [1.54, 1.807) is 24.3 Å². The van der Waals surface area contributed by atoms with Crippen molar-refractivity contribution < 1.29 is 19.0 Å². The van der Waals surface area contributed by atoms with Gasteiger partial charge in [0.1, 0.15) is 18.5 Å². The lowest BCUT2D eigenvalue weighted by atomic mass is 10.3. The lowest BCUT2D eigenvalue weighted by Gasteiger charge is -2.29. The van der Waals surface area contributed by atoms with Gasteiger partial charge in [-0.3, -0.25) is 0 Å². The number of nitrogen functional groups attached to an aromatic ring is 1. The average Bonchev–Trinajstić information content (AvgIpc) is 2.44. The maximum Gasteiger partial charge on any atom is 0.344 e. The molecule has 0 bridgehead atoms. The number of benzene rings is 1. The van der Waals surface area contributed by atoms with Crippen LogP contribution in [0.3, 0.4) is 0 Å². The standard InChI is InChI=1S/C14H20N2O4/c1-16-6-7-18-11(8-16)9-20-14(17)10-19-13-5-3-2-4-12(13)15/h2-5,11H,6-10,15H2,1H3. The zero-order valence-corrected chi connectivity index (χ0v) is 11.6. The number of nitrogens with zero attached hydrogens (tertiary/aromatic N) is 1. The quantitative estimate of drug-likeness (QED) is 0.626. The normalized spacial score (nSPS) is 19.6. The Labute approximate surface area is 118 Å². The molecular weight excluding hydrogens is 260 g/mol. The van der Waals surface area contributed by atoms with Crippen molar-refractivity contribution in [3.63, 3.8) is 0 Å². The molecule has 1 heterocycles. The van der Waals surface area contributed by atoms with Crippen LogP contribution in [0, 0.1) is 0 Å². The first-order valence-corrected chi connectivity index (χ1v) is 6.58. The van der Waals surface area contributed by atoms with E-state index < -0.39 is 5.97 Å². The molecule has 6 heteroatoms. The van der Waals surface area contributed by atoms with Crippen LogP contribution in [0.4, 0.5) is 5.69 Å². The fraction of sp³-hybridized carbons (Fsp3) is 0.500. The minimum atomic E-state index is -0.426. The van der Waals surface area contributed by atoms with Crippen molar-refractivity contribution in [1.82, 2.24) is 4.90 Å². The van der Waals surface area contributed by atoms with E-state index in [1.807, 2.05) is 7.05 Å². The van der Waals surface area contributed by atoms with Crippen LogP contribution in [0.5, 0.6) is 5.75 Å². The maximum atomic E-state index is 11.6. The van der Waals surface area contributed by atoms with Crippen LogP contribution < -0.4 is 10.5 Å². The predicted octanol–water partition coefficient (Wildman–Crippen LogP) is 0.521. The molecule has 1 fully saturated rings. The van der Waals surface area contributed by atoms with Gasteiger partial charge in [-0.25, -0.2) is 4.79 Å². The predicted molar refractivity (Wildman–Crippen MR) is 74.5 cm³/mol. The van der Waals surface area contributed by atoms with Gasteiger partial charge in [0.05, 0.1) is 12.3 Å². The SMILES string of the molecule is CN1CCOC(COC(=O)COc2ccccc2N)C1. The summed E-state index contributed by atoms with van der Waals surface area (Å²) in [7, 11) is 2.01. The number of anilines is 1. The lowest BCUT2D eigenvalue weighted by Crippen LogP contribution is -2.42. The number of ether oxygens (including phenoxy) is 3. The molecule has 1 aliphatic rings. The number of rotatable bonds is 5. The van der Waals surface area contributed by atoms with Crippen molar-refractivity contribution in [3.8, 4) is 5.75 Å². The summed E-state index contributed by atoms with van der Waals surface area (Å²) in [5, 5.41) is 0. The molecule has 6 nitrogen and oxygen atoms in total. The number of esters is 1. The van der Waals surface area contributed by atoms with Crippen molar-refractivity contribution >= 4 is 11.7 Å². The van der Waals surface area contributed by atoms with Gasteiger partial charge in [0, 0.05) is 13.1 Å². The number of carbonyl (C=O) groups excluding carboxylic acids is 1. The molecule has 1 aromatic carbocycles. The first kappa shape index (κ1) is 14.6. The van der Waals surface area contributed by atoms with Crippen LogP contribution in [-0.2, 0) is 14.3 Å². The zero-order valence-electron chi connectivity index (χ0n) is 11.6. The second-order valence-corrected chi connectivity index (χ2v) is 4.76. The summed E-state index contributed by atoms with van der Waals surface area (Å²) in [6.45, 7) is 2.42. The van der Waals surface area contributed by atoms with E-state index in [4.69, 9.17) is 19.9 Å². The van der Waals surface area contributed by atoms with E-state index in [-0.39, 0.29) is 19.3 Å². The summed E-state index contributed by atoms with van der Waals surface area (Å²) in [5.74, 6) is 0.0585. The number of likely N-dealkylation sites (N-methyl/N-ethyl adjacent to an activating group) is 1. The minimum absolute atomic E-state index is 0.0699. The van der Waals surface area contributed by atoms with Crippen molar-refractivity contribution in [1.29, 1.82) is 0 Å². The molecular formula is C14H20N2O4. The first-order valence-electron chi connectivity index (χ1n) is 6.58. The molecule has 20 heavy (non-hydrogen) atoms. The third-order valence-corrected chi connectivity index (χ3v) is 3.04. The van der Waals surface area contributed by atoms with Gasteiger partial charge in [0.15, 0.2) is 6.61 Å².